The molecule has 30 heteroatoms. The van der Waals surface area contributed by atoms with Gasteiger partial charge in [0.25, 0.3) is 0 Å². The topological polar surface area (TPSA) is 197 Å². The van der Waals surface area contributed by atoms with E-state index in [0.29, 0.717) is 25.7 Å². The van der Waals surface area contributed by atoms with E-state index in [4.69, 9.17) is 56.2 Å². The number of hydrogen-bond donors (Lipinski definition) is 0. The summed E-state index contributed by atoms with van der Waals surface area (Å²) in [5.41, 5.74) is -11.0. The minimum atomic E-state index is -5.59. The van der Waals surface area contributed by atoms with Crippen LogP contribution in [0.15, 0.2) is 46.1 Å². The molecule has 18 nitrogen and oxygen atoms in total. The molecule has 0 saturated carbocycles. The molecule has 4 saturated heterocycles. The first kappa shape index (κ1) is 74.0. The molecule has 84 heavy (non-hydrogen) atoms. The predicted molar refractivity (Wildman–Crippen MR) is 307 cm³/mol. The summed E-state index contributed by atoms with van der Waals surface area (Å²) >= 11 is 0. The van der Waals surface area contributed by atoms with Crippen molar-refractivity contribution >= 4 is 48.5 Å². The molecule has 8 aliphatic rings. The second-order valence-electron chi connectivity index (χ2n) is 25.6. The van der Waals surface area contributed by atoms with Gasteiger partial charge in [-0.1, -0.05) is 6.08 Å². The second kappa shape index (κ2) is 27.7. The molecule has 8 rings (SSSR count). The Morgan fingerprint density at radius 1 is 0.429 bits per heavy atom. The van der Waals surface area contributed by atoms with Gasteiger partial charge in [-0.25, -0.2) is 0 Å². The molecule has 2 atom stereocenters. The van der Waals surface area contributed by atoms with Crippen molar-refractivity contribution in [3.05, 3.63) is 46.1 Å². The van der Waals surface area contributed by atoms with Crippen LogP contribution >= 0.6 is 0 Å². The lowest BCUT2D eigenvalue weighted by Crippen LogP contribution is -2.41. The van der Waals surface area contributed by atoms with Crippen molar-refractivity contribution in [1.29, 1.82) is 0 Å². The summed E-state index contributed by atoms with van der Waals surface area (Å²) in [6, 6.07) is 0. The van der Waals surface area contributed by atoms with E-state index in [0.717, 1.165) is 49.8 Å². The third kappa shape index (κ3) is 17.9. The average Bonchev–Trinajstić information content (AvgIpc) is 2.11. The smallest absolute Gasteiger partial charge is 0.502 e. The van der Waals surface area contributed by atoms with Crippen molar-refractivity contribution in [3.8, 4) is 0 Å². The summed E-state index contributed by atoms with van der Waals surface area (Å²) in [6.45, 7) is 32.9. The number of methoxy groups -OCH3 is 4. The lowest BCUT2D eigenvalue weighted by molar-refractivity contribution is -0.0541. The maximum atomic E-state index is 12.0. The van der Waals surface area contributed by atoms with Gasteiger partial charge in [-0.2, -0.15) is 43.2 Å². The molecule has 0 radical (unpaired) electrons. The highest BCUT2D eigenvalue weighted by Gasteiger charge is 2.64. The van der Waals surface area contributed by atoms with Crippen LogP contribution in [0.1, 0.15) is 201 Å². The van der Waals surface area contributed by atoms with Crippen LogP contribution < -0.4 is 0 Å². The first-order chi connectivity index (χ1) is 38.2. The van der Waals surface area contributed by atoms with Crippen LogP contribution in [-0.2, 0) is 84.8 Å². The summed E-state index contributed by atoms with van der Waals surface area (Å²) in [4.78, 5) is 0. The lowest BCUT2D eigenvalue weighted by atomic mass is 9.49. The molecule has 0 bridgehead atoms. The van der Waals surface area contributed by atoms with E-state index in [2.05, 4.69) is 69.8 Å². The first-order valence-electron chi connectivity index (χ1n) is 28.6. The van der Waals surface area contributed by atoms with Gasteiger partial charge in [-0.15, -0.1) is 0 Å². The molecule has 0 N–H and O–H groups in total. The fraction of sp³-hybridized carbons (Fsp3) is 0.852. The minimum absolute atomic E-state index is 0.137. The molecule has 2 unspecified atom stereocenters. The molecule has 482 valence electrons. The zero-order chi connectivity index (χ0) is 64.1. The van der Waals surface area contributed by atoms with Crippen molar-refractivity contribution in [2.75, 3.05) is 28.4 Å². The van der Waals surface area contributed by atoms with E-state index in [9.17, 15) is 43.2 Å². The van der Waals surface area contributed by atoms with Crippen molar-refractivity contribution in [1.82, 2.24) is 0 Å². The maximum absolute atomic E-state index is 12.0. The fourth-order valence-corrected chi connectivity index (χ4v) is 10.4. The van der Waals surface area contributed by atoms with Crippen molar-refractivity contribution in [2.24, 2.45) is 0 Å². The summed E-state index contributed by atoms with van der Waals surface area (Å²) in [5, 5.41) is 0. The molecule has 4 aliphatic heterocycles. The van der Waals surface area contributed by atoms with Gasteiger partial charge >= 0.3 is 59.5 Å². The van der Waals surface area contributed by atoms with E-state index < -0.39 is 51.4 Å². The lowest BCUT2D eigenvalue weighted by Gasteiger charge is -2.32. The number of halogens is 6. The van der Waals surface area contributed by atoms with Crippen molar-refractivity contribution < 1.29 is 108 Å². The number of ether oxygens (including phenoxy) is 4. The van der Waals surface area contributed by atoms with E-state index in [1.165, 1.54) is 45.0 Å². The van der Waals surface area contributed by atoms with E-state index >= 15 is 0 Å². The van der Waals surface area contributed by atoms with Crippen molar-refractivity contribution in [2.45, 2.75) is 269 Å². The highest BCUT2D eigenvalue weighted by molar-refractivity contribution is 7.88. The number of rotatable bonds is 11. The molecule has 0 aromatic heterocycles. The maximum Gasteiger partial charge on any atom is 0.534 e. The second-order valence-corrected chi connectivity index (χ2v) is 28.7. The third-order valence-corrected chi connectivity index (χ3v) is 19.4. The molecular formula is C54H92B4F6O18S2. The summed E-state index contributed by atoms with van der Waals surface area (Å²) in [5.74, 6) is 0.700. The SMILES string of the molecule is CC1(C)OB(B2OC(C)(C)C(C)(C)O2)OC1(C)C.COC1=C(B2OC(C)(C)C(C)(C)O2)CCCC1.COC1=C(OS(=O)(=O)C(F)(F)F)CCCC1.COC1CCCC=C1B1OC(C)(C)C(C)(C)O1.COC1CCCC=C1OS(=O)(=O)C(F)(F)F. The molecule has 0 aromatic carbocycles. The normalized spacial score (nSPS) is 26.6. The number of alkyl halides is 6. The minimum Gasteiger partial charge on any atom is -0.502 e. The average molecular weight is 1250 g/mol. The van der Waals surface area contributed by atoms with Crippen LogP contribution in [0.3, 0.4) is 0 Å². The highest BCUT2D eigenvalue weighted by Crippen LogP contribution is 2.45. The summed E-state index contributed by atoms with van der Waals surface area (Å²) < 4.78 is 192. The van der Waals surface area contributed by atoms with E-state index in [1.807, 2.05) is 55.4 Å². The van der Waals surface area contributed by atoms with Crippen LogP contribution in [-0.4, -0.2) is 142 Å². The van der Waals surface area contributed by atoms with Gasteiger partial charge in [0.1, 0.15) is 17.6 Å². The van der Waals surface area contributed by atoms with Crippen LogP contribution in [0, 0.1) is 0 Å². The van der Waals surface area contributed by atoms with E-state index in [1.54, 1.807) is 14.2 Å². The van der Waals surface area contributed by atoms with Gasteiger partial charge in [-0.3, -0.25) is 0 Å². The summed E-state index contributed by atoms with van der Waals surface area (Å²) in [6.07, 6.45) is 14.2. The Morgan fingerprint density at radius 2 is 0.762 bits per heavy atom. The predicted octanol–water partition coefficient (Wildman–Crippen LogP) is 12.3. The Bertz CT molecular complexity index is 2490. The molecular weight excluding hydrogens is 1160 g/mol. The van der Waals surface area contributed by atoms with Gasteiger partial charge in [0.15, 0.2) is 5.76 Å². The van der Waals surface area contributed by atoms with Crippen LogP contribution in [0.4, 0.5) is 26.3 Å². The Hall–Kier alpha value is -2.50. The summed E-state index contributed by atoms with van der Waals surface area (Å²) in [7, 11) is -6.54. The molecule has 4 heterocycles. The Morgan fingerprint density at radius 3 is 1.15 bits per heavy atom. The van der Waals surface area contributed by atoms with Gasteiger partial charge in [0.2, 0.25) is 0 Å². The Balaban J connectivity index is 0.000000225. The van der Waals surface area contributed by atoms with Gasteiger partial charge in [0.05, 0.1) is 70.9 Å². The molecule has 0 amide bonds. The van der Waals surface area contributed by atoms with E-state index in [-0.39, 0.29) is 88.8 Å². The Labute approximate surface area is 497 Å². The van der Waals surface area contributed by atoms with Gasteiger partial charge < -0.3 is 64.5 Å². The molecule has 4 fully saturated rings. The number of hydrogen-bond acceptors (Lipinski definition) is 18. The van der Waals surface area contributed by atoms with Crippen LogP contribution in [0.25, 0.3) is 0 Å². The van der Waals surface area contributed by atoms with Gasteiger partial charge in [0, 0.05) is 33.5 Å². The van der Waals surface area contributed by atoms with Gasteiger partial charge in [-0.05, 0) is 198 Å². The molecule has 0 spiro atoms. The molecule has 4 aliphatic carbocycles. The Kier molecular flexibility index (Phi) is 24.4. The highest BCUT2D eigenvalue weighted by atomic mass is 32.2. The molecule has 0 aromatic rings. The standard InChI is InChI=1S/2C13H23BO3.C12H24B2O4.2C8H11F3O4S/c2*1-12(2)13(3,4)17-14(16-12)10-8-6-7-9-11(10)15-5;1-9(2)10(3,4)16-13(15-9)14-17-11(5,6)12(7,8)18-14;2*1-14-6-4-2-3-5-7(6)15-16(12,13)8(9,10)11/h6-9H2,1-5H3;8,11H,6-7,9H2,1-5H3;1-8H3;2-5H2,1H3;5-6H,2-4H2,1H3. The fourth-order valence-electron chi connectivity index (χ4n) is 9.37. The largest absolute Gasteiger partial charge is 0.534 e. The quantitative estimate of drug-likeness (QED) is 0.0818. The third-order valence-electron chi connectivity index (χ3n) is 17.5. The van der Waals surface area contributed by atoms with Crippen LogP contribution in [0.5, 0.6) is 0 Å². The first-order valence-corrected chi connectivity index (χ1v) is 31.4. The number of allylic oxidation sites excluding steroid dienone is 6. The van der Waals surface area contributed by atoms with Crippen LogP contribution in [0.2, 0.25) is 0 Å². The monoisotopic (exact) mass is 1250 g/mol. The zero-order valence-electron chi connectivity index (χ0n) is 53.0. The zero-order valence-corrected chi connectivity index (χ0v) is 54.6. The van der Waals surface area contributed by atoms with Crippen molar-refractivity contribution in [3.63, 3.8) is 0 Å².